The summed E-state index contributed by atoms with van der Waals surface area (Å²) in [6.07, 6.45) is 0.509. The largest absolute Gasteiger partial charge is 0.354 e. The smallest absolute Gasteiger partial charge is 0.243 e. The van der Waals surface area contributed by atoms with Gasteiger partial charge in [0.1, 0.15) is 17.5 Å². The molecule has 6 nitrogen and oxygen atoms in total. The van der Waals surface area contributed by atoms with Gasteiger partial charge in [0.05, 0.1) is 4.90 Å². The first-order valence-corrected chi connectivity index (χ1v) is 13.1. The molecule has 0 amide bonds. The maximum absolute atomic E-state index is 13.8. The van der Waals surface area contributed by atoms with Crippen LogP contribution in [0.3, 0.4) is 0 Å². The standard InChI is InChI=1S/C27H27FN4O2S/c1-19-26(17-21-6-5-9-24(28)16-21)27(30-20(2)29-19)31-12-14-32(15-13-31)35(33,34)25-11-10-22-7-3-4-8-23(22)18-25/h3-11,16,18H,12-15,17H2,1-2H3. The van der Waals surface area contributed by atoms with Crippen LogP contribution in [0, 0.1) is 19.7 Å². The van der Waals surface area contributed by atoms with Crippen molar-refractivity contribution < 1.29 is 12.8 Å². The van der Waals surface area contributed by atoms with Crippen molar-refractivity contribution in [2.24, 2.45) is 0 Å². The number of aryl methyl sites for hydroxylation is 2. The van der Waals surface area contributed by atoms with Gasteiger partial charge in [-0.05, 0) is 54.4 Å². The van der Waals surface area contributed by atoms with Crippen LogP contribution < -0.4 is 4.90 Å². The van der Waals surface area contributed by atoms with Crippen molar-refractivity contribution in [1.82, 2.24) is 14.3 Å². The van der Waals surface area contributed by atoms with E-state index in [1.54, 1.807) is 22.5 Å². The normalized spacial score (nSPS) is 15.0. The number of anilines is 1. The van der Waals surface area contributed by atoms with Crippen LogP contribution in [0.15, 0.2) is 71.6 Å². The lowest BCUT2D eigenvalue weighted by Crippen LogP contribution is -2.49. The number of benzene rings is 3. The molecule has 1 aliphatic rings. The molecule has 35 heavy (non-hydrogen) atoms. The molecule has 0 radical (unpaired) electrons. The van der Waals surface area contributed by atoms with E-state index in [9.17, 15) is 12.8 Å². The molecule has 8 heteroatoms. The molecule has 0 spiro atoms. The molecule has 0 unspecified atom stereocenters. The Hall–Kier alpha value is -3.36. The number of piperazine rings is 1. The summed E-state index contributed by atoms with van der Waals surface area (Å²) in [6.45, 7) is 5.53. The zero-order valence-electron chi connectivity index (χ0n) is 19.8. The first-order valence-electron chi connectivity index (χ1n) is 11.6. The van der Waals surface area contributed by atoms with Crippen LogP contribution in [0.4, 0.5) is 10.2 Å². The Kier molecular flexibility index (Phi) is 6.25. The summed E-state index contributed by atoms with van der Waals surface area (Å²) in [6, 6.07) is 19.6. The van der Waals surface area contributed by atoms with Crippen molar-refractivity contribution in [3.05, 3.63) is 95.2 Å². The molecular formula is C27H27FN4O2S. The number of nitrogens with zero attached hydrogens (tertiary/aromatic N) is 4. The number of fused-ring (bicyclic) bond motifs is 1. The van der Waals surface area contributed by atoms with Crippen molar-refractivity contribution in [3.63, 3.8) is 0 Å². The molecule has 180 valence electrons. The maximum Gasteiger partial charge on any atom is 0.243 e. The highest BCUT2D eigenvalue weighted by atomic mass is 32.2. The third kappa shape index (κ3) is 4.76. The van der Waals surface area contributed by atoms with Crippen LogP contribution >= 0.6 is 0 Å². The average molecular weight is 491 g/mol. The molecule has 5 rings (SSSR count). The molecule has 0 N–H and O–H groups in total. The fourth-order valence-corrected chi connectivity index (χ4v) is 6.11. The Balaban J connectivity index is 1.38. The van der Waals surface area contributed by atoms with Crippen molar-refractivity contribution >= 4 is 26.6 Å². The Labute approximate surface area is 205 Å². The summed E-state index contributed by atoms with van der Waals surface area (Å²) in [4.78, 5) is 11.7. The van der Waals surface area contributed by atoms with Gasteiger partial charge in [0.15, 0.2) is 0 Å². The third-order valence-electron chi connectivity index (χ3n) is 6.47. The van der Waals surface area contributed by atoms with Crippen molar-refractivity contribution in [2.75, 3.05) is 31.1 Å². The molecule has 0 aliphatic carbocycles. The SMILES string of the molecule is Cc1nc(C)c(Cc2cccc(F)c2)c(N2CCN(S(=O)(=O)c3ccc4ccccc4c3)CC2)n1. The monoisotopic (exact) mass is 490 g/mol. The average Bonchev–Trinajstić information content (AvgIpc) is 2.85. The second-order valence-electron chi connectivity index (χ2n) is 8.87. The van der Waals surface area contributed by atoms with Gasteiger partial charge in [-0.25, -0.2) is 22.8 Å². The zero-order chi connectivity index (χ0) is 24.6. The van der Waals surface area contributed by atoms with Crippen LogP contribution in [0.5, 0.6) is 0 Å². The van der Waals surface area contributed by atoms with Crippen LogP contribution in [-0.4, -0.2) is 48.9 Å². The van der Waals surface area contributed by atoms with E-state index in [-0.39, 0.29) is 5.82 Å². The number of rotatable bonds is 5. The minimum atomic E-state index is -3.61. The number of hydrogen-bond acceptors (Lipinski definition) is 5. The summed E-state index contributed by atoms with van der Waals surface area (Å²) in [7, 11) is -3.61. The van der Waals surface area contributed by atoms with E-state index in [0.717, 1.165) is 33.4 Å². The first-order chi connectivity index (χ1) is 16.8. The van der Waals surface area contributed by atoms with Gasteiger partial charge in [0, 0.05) is 43.9 Å². The Bertz CT molecular complexity index is 1500. The third-order valence-corrected chi connectivity index (χ3v) is 8.37. The second kappa shape index (κ2) is 9.36. The minimum Gasteiger partial charge on any atom is -0.354 e. The van der Waals surface area contributed by atoms with E-state index in [1.807, 2.05) is 50.2 Å². The van der Waals surface area contributed by atoms with Crippen molar-refractivity contribution in [1.29, 1.82) is 0 Å². The van der Waals surface area contributed by atoms with Crippen LogP contribution in [0.2, 0.25) is 0 Å². The van der Waals surface area contributed by atoms with Gasteiger partial charge in [-0.1, -0.05) is 42.5 Å². The Morgan fingerprint density at radius 3 is 2.34 bits per heavy atom. The molecule has 0 saturated carbocycles. The van der Waals surface area contributed by atoms with Crippen LogP contribution in [0.25, 0.3) is 10.8 Å². The fraction of sp³-hybridized carbons (Fsp3) is 0.259. The second-order valence-corrected chi connectivity index (χ2v) is 10.8. The van der Waals surface area contributed by atoms with E-state index in [4.69, 9.17) is 4.98 Å². The van der Waals surface area contributed by atoms with Gasteiger partial charge in [0.2, 0.25) is 10.0 Å². The number of hydrogen-bond donors (Lipinski definition) is 0. The molecule has 0 atom stereocenters. The highest BCUT2D eigenvalue weighted by Crippen LogP contribution is 2.27. The van der Waals surface area contributed by atoms with Gasteiger partial charge in [-0.2, -0.15) is 4.31 Å². The Morgan fingerprint density at radius 2 is 1.60 bits per heavy atom. The summed E-state index contributed by atoms with van der Waals surface area (Å²) in [5, 5.41) is 1.91. The molecule has 1 fully saturated rings. The molecule has 4 aromatic rings. The molecule has 1 aliphatic heterocycles. The minimum absolute atomic E-state index is 0.276. The molecule has 1 aromatic heterocycles. The summed E-state index contributed by atoms with van der Waals surface area (Å²) in [5.74, 6) is 1.18. The zero-order valence-corrected chi connectivity index (χ0v) is 20.6. The number of sulfonamides is 1. The topological polar surface area (TPSA) is 66.4 Å². The molecule has 1 saturated heterocycles. The Morgan fingerprint density at radius 1 is 0.857 bits per heavy atom. The molecular weight excluding hydrogens is 463 g/mol. The number of aromatic nitrogens is 2. The van der Waals surface area contributed by atoms with E-state index in [1.165, 1.54) is 12.1 Å². The summed E-state index contributed by atoms with van der Waals surface area (Å²) in [5.41, 5.74) is 2.63. The predicted molar refractivity (Wildman–Crippen MR) is 136 cm³/mol. The van der Waals surface area contributed by atoms with Gasteiger partial charge < -0.3 is 4.90 Å². The highest BCUT2D eigenvalue weighted by molar-refractivity contribution is 7.89. The lowest BCUT2D eigenvalue weighted by molar-refractivity contribution is 0.383. The van der Waals surface area contributed by atoms with Gasteiger partial charge in [-0.15, -0.1) is 0 Å². The first kappa shape index (κ1) is 23.4. The molecule has 3 aromatic carbocycles. The highest BCUT2D eigenvalue weighted by Gasteiger charge is 2.30. The summed E-state index contributed by atoms with van der Waals surface area (Å²) < 4.78 is 42.0. The van der Waals surface area contributed by atoms with E-state index >= 15 is 0 Å². The van der Waals surface area contributed by atoms with Crippen LogP contribution in [0.1, 0.15) is 22.6 Å². The lowest BCUT2D eigenvalue weighted by atomic mass is 10.0. The molecule has 0 bridgehead atoms. The van der Waals surface area contributed by atoms with E-state index in [2.05, 4.69) is 9.88 Å². The van der Waals surface area contributed by atoms with Crippen molar-refractivity contribution in [2.45, 2.75) is 25.2 Å². The van der Waals surface area contributed by atoms with Crippen molar-refractivity contribution in [3.8, 4) is 0 Å². The number of halogens is 1. The maximum atomic E-state index is 13.8. The molecule has 2 heterocycles. The fourth-order valence-electron chi connectivity index (χ4n) is 4.65. The van der Waals surface area contributed by atoms with E-state index in [0.29, 0.717) is 43.3 Å². The quantitative estimate of drug-likeness (QED) is 0.413. The summed E-state index contributed by atoms with van der Waals surface area (Å²) >= 11 is 0. The lowest BCUT2D eigenvalue weighted by Gasteiger charge is -2.36. The van der Waals surface area contributed by atoms with Gasteiger partial charge >= 0.3 is 0 Å². The van der Waals surface area contributed by atoms with Gasteiger partial charge in [-0.3, -0.25) is 0 Å². The van der Waals surface area contributed by atoms with Gasteiger partial charge in [0.25, 0.3) is 0 Å². The van der Waals surface area contributed by atoms with Crippen LogP contribution in [-0.2, 0) is 16.4 Å². The van der Waals surface area contributed by atoms with E-state index < -0.39 is 10.0 Å². The predicted octanol–water partition coefficient (Wildman–Crippen LogP) is 4.49.